The molecule has 0 bridgehead atoms. The number of nitrogens with one attached hydrogen (secondary N) is 1. The number of aryl methyl sites for hydroxylation is 1. The molecule has 2 aromatic rings. The summed E-state index contributed by atoms with van der Waals surface area (Å²) in [7, 11) is 1.81. The lowest BCUT2D eigenvalue weighted by Crippen LogP contribution is -2.08. The molecular formula is C16H15ClF3N. The normalized spacial score (nSPS) is 11.7. The third-order valence-corrected chi connectivity index (χ3v) is 3.51. The van der Waals surface area contributed by atoms with Gasteiger partial charge in [-0.25, -0.2) is 0 Å². The van der Waals surface area contributed by atoms with Crippen molar-refractivity contribution in [2.75, 3.05) is 7.05 Å². The van der Waals surface area contributed by atoms with E-state index >= 15 is 0 Å². The highest BCUT2D eigenvalue weighted by molar-refractivity contribution is 6.30. The number of rotatable bonds is 3. The fourth-order valence-electron chi connectivity index (χ4n) is 2.30. The number of benzene rings is 2. The van der Waals surface area contributed by atoms with E-state index in [2.05, 4.69) is 5.32 Å². The average Bonchev–Trinajstić information content (AvgIpc) is 2.39. The van der Waals surface area contributed by atoms with E-state index in [1.165, 1.54) is 12.1 Å². The third-order valence-electron chi connectivity index (χ3n) is 3.28. The van der Waals surface area contributed by atoms with Gasteiger partial charge in [0.15, 0.2) is 0 Å². The van der Waals surface area contributed by atoms with Gasteiger partial charge in [0.25, 0.3) is 0 Å². The first kappa shape index (κ1) is 15.9. The molecule has 0 atom stereocenters. The number of halogens is 4. The van der Waals surface area contributed by atoms with Crippen LogP contribution in [0.2, 0.25) is 5.02 Å². The van der Waals surface area contributed by atoms with E-state index < -0.39 is 11.7 Å². The van der Waals surface area contributed by atoms with Gasteiger partial charge in [-0.15, -0.1) is 0 Å². The molecule has 0 aliphatic carbocycles. The second kappa shape index (κ2) is 6.08. The molecule has 0 saturated carbocycles. The molecule has 1 nitrogen and oxygen atoms in total. The minimum Gasteiger partial charge on any atom is -0.316 e. The van der Waals surface area contributed by atoms with Gasteiger partial charge in [0.2, 0.25) is 0 Å². The minimum atomic E-state index is -4.32. The Morgan fingerprint density at radius 2 is 1.71 bits per heavy atom. The van der Waals surface area contributed by atoms with Crippen molar-refractivity contribution >= 4 is 11.6 Å². The molecule has 21 heavy (non-hydrogen) atoms. The molecule has 0 aromatic heterocycles. The van der Waals surface area contributed by atoms with Crippen LogP contribution in [0.15, 0.2) is 36.4 Å². The first-order valence-electron chi connectivity index (χ1n) is 6.44. The molecule has 2 aromatic carbocycles. The summed E-state index contributed by atoms with van der Waals surface area (Å²) >= 11 is 5.99. The van der Waals surface area contributed by atoms with Gasteiger partial charge in [0.05, 0.1) is 5.56 Å². The zero-order valence-corrected chi connectivity index (χ0v) is 12.4. The first-order chi connectivity index (χ1) is 9.82. The smallest absolute Gasteiger partial charge is 0.316 e. The van der Waals surface area contributed by atoms with E-state index in [1.807, 2.05) is 19.2 Å². The molecule has 0 radical (unpaired) electrons. The van der Waals surface area contributed by atoms with E-state index in [0.717, 1.165) is 22.8 Å². The second-order valence-electron chi connectivity index (χ2n) is 4.86. The largest absolute Gasteiger partial charge is 0.416 e. The lowest BCUT2D eigenvalue weighted by atomic mass is 9.94. The highest BCUT2D eigenvalue weighted by Gasteiger charge is 2.30. The molecule has 0 heterocycles. The van der Waals surface area contributed by atoms with Crippen LogP contribution in [-0.4, -0.2) is 7.05 Å². The Balaban J connectivity index is 2.52. The van der Waals surface area contributed by atoms with Crippen molar-refractivity contribution in [3.8, 4) is 11.1 Å². The molecule has 0 aliphatic rings. The number of alkyl halides is 3. The predicted molar refractivity (Wildman–Crippen MR) is 79.4 cm³/mol. The maximum atomic E-state index is 12.7. The van der Waals surface area contributed by atoms with Crippen molar-refractivity contribution in [2.45, 2.75) is 19.6 Å². The molecular weight excluding hydrogens is 299 g/mol. The molecule has 0 saturated heterocycles. The molecule has 1 N–H and O–H groups in total. The van der Waals surface area contributed by atoms with Gasteiger partial charge in [-0.05, 0) is 60.5 Å². The van der Waals surface area contributed by atoms with Crippen molar-refractivity contribution in [2.24, 2.45) is 0 Å². The Hall–Kier alpha value is -1.52. The van der Waals surface area contributed by atoms with Gasteiger partial charge in [0, 0.05) is 11.6 Å². The van der Waals surface area contributed by atoms with E-state index in [0.29, 0.717) is 17.1 Å². The standard InChI is InChI=1S/C16H15ClF3N/c1-10-7-12(16(18,19)20)3-5-14(10)15-6-4-13(17)8-11(15)9-21-2/h3-8,21H,9H2,1-2H3. The summed E-state index contributed by atoms with van der Waals surface area (Å²) in [6.07, 6.45) is -4.32. The lowest BCUT2D eigenvalue weighted by molar-refractivity contribution is -0.137. The Bertz CT molecular complexity index is 650. The van der Waals surface area contributed by atoms with E-state index in [1.54, 1.807) is 13.0 Å². The van der Waals surface area contributed by atoms with Gasteiger partial charge in [0.1, 0.15) is 0 Å². The van der Waals surface area contributed by atoms with Gasteiger partial charge in [-0.1, -0.05) is 23.7 Å². The van der Waals surface area contributed by atoms with Crippen LogP contribution >= 0.6 is 11.6 Å². The zero-order valence-electron chi connectivity index (χ0n) is 11.7. The van der Waals surface area contributed by atoms with Crippen LogP contribution in [0, 0.1) is 6.92 Å². The van der Waals surface area contributed by atoms with Crippen molar-refractivity contribution < 1.29 is 13.2 Å². The SMILES string of the molecule is CNCc1cc(Cl)ccc1-c1ccc(C(F)(F)F)cc1C. The average molecular weight is 314 g/mol. The Kier molecular flexibility index (Phi) is 4.59. The van der Waals surface area contributed by atoms with Gasteiger partial charge in [-0.3, -0.25) is 0 Å². The number of hydrogen-bond acceptors (Lipinski definition) is 1. The highest BCUT2D eigenvalue weighted by Crippen LogP contribution is 2.34. The Morgan fingerprint density at radius 3 is 2.29 bits per heavy atom. The highest BCUT2D eigenvalue weighted by atomic mass is 35.5. The zero-order chi connectivity index (χ0) is 15.6. The van der Waals surface area contributed by atoms with Gasteiger partial charge < -0.3 is 5.32 Å². The summed E-state index contributed by atoms with van der Waals surface area (Å²) in [4.78, 5) is 0. The van der Waals surface area contributed by atoms with E-state index in [9.17, 15) is 13.2 Å². The summed E-state index contributed by atoms with van der Waals surface area (Å²) < 4.78 is 38.2. The molecule has 0 unspecified atom stereocenters. The van der Waals surface area contributed by atoms with Crippen LogP contribution < -0.4 is 5.32 Å². The maximum absolute atomic E-state index is 12.7. The molecule has 0 fully saturated rings. The predicted octanol–water partition coefficient (Wildman–Crippen LogP) is 5.05. The number of hydrogen-bond donors (Lipinski definition) is 1. The van der Waals surface area contributed by atoms with Crippen LogP contribution in [0.4, 0.5) is 13.2 Å². The minimum absolute atomic E-state index is 0.588. The van der Waals surface area contributed by atoms with Crippen molar-refractivity contribution in [1.82, 2.24) is 5.32 Å². The van der Waals surface area contributed by atoms with Gasteiger partial charge in [-0.2, -0.15) is 13.2 Å². The molecule has 5 heteroatoms. The molecule has 2 rings (SSSR count). The fourth-order valence-corrected chi connectivity index (χ4v) is 2.50. The quantitative estimate of drug-likeness (QED) is 0.835. The Labute approximate surface area is 126 Å². The fraction of sp³-hybridized carbons (Fsp3) is 0.250. The van der Waals surface area contributed by atoms with Gasteiger partial charge >= 0.3 is 6.18 Å². The first-order valence-corrected chi connectivity index (χ1v) is 6.82. The van der Waals surface area contributed by atoms with Crippen LogP contribution in [0.25, 0.3) is 11.1 Å². The van der Waals surface area contributed by atoms with Crippen LogP contribution in [0.1, 0.15) is 16.7 Å². The van der Waals surface area contributed by atoms with Crippen molar-refractivity contribution in [3.63, 3.8) is 0 Å². The van der Waals surface area contributed by atoms with E-state index in [4.69, 9.17) is 11.6 Å². The summed E-state index contributed by atoms with van der Waals surface area (Å²) in [5.74, 6) is 0. The lowest BCUT2D eigenvalue weighted by Gasteiger charge is -2.14. The van der Waals surface area contributed by atoms with E-state index in [-0.39, 0.29) is 0 Å². The molecule has 0 aliphatic heterocycles. The van der Waals surface area contributed by atoms with Crippen LogP contribution in [-0.2, 0) is 12.7 Å². The summed E-state index contributed by atoms with van der Waals surface area (Å²) in [6, 6.07) is 9.20. The third kappa shape index (κ3) is 3.57. The molecule has 0 amide bonds. The van der Waals surface area contributed by atoms with Crippen molar-refractivity contribution in [3.05, 3.63) is 58.1 Å². The van der Waals surface area contributed by atoms with Crippen LogP contribution in [0.5, 0.6) is 0 Å². The molecule has 0 spiro atoms. The molecule has 112 valence electrons. The topological polar surface area (TPSA) is 12.0 Å². The van der Waals surface area contributed by atoms with Crippen LogP contribution in [0.3, 0.4) is 0 Å². The summed E-state index contributed by atoms with van der Waals surface area (Å²) in [5, 5.41) is 3.64. The van der Waals surface area contributed by atoms with Crippen molar-refractivity contribution in [1.29, 1.82) is 0 Å². The second-order valence-corrected chi connectivity index (χ2v) is 5.30. The monoisotopic (exact) mass is 313 g/mol. The maximum Gasteiger partial charge on any atom is 0.416 e. The Morgan fingerprint density at radius 1 is 1.05 bits per heavy atom. The summed E-state index contributed by atoms with van der Waals surface area (Å²) in [5.41, 5.74) is 2.58. The summed E-state index contributed by atoms with van der Waals surface area (Å²) in [6.45, 7) is 2.28.